The van der Waals surface area contributed by atoms with Crippen LogP contribution in [0.4, 0.5) is 5.69 Å². The molecule has 0 aromatic heterocycles. The molecule has 0 fully saturated rings. The summed E-state index contributed by atoms with van der Waals surface area (Å²) in [4.78, 5) is 16.5. The van der Waals surface area contributed by atoms with Crippen LogP contribution in [0.1, 0.15) is 31.2 Å². The fraction of sp³-hybridized carbons (Fsp3) is 0.529. The van der Waals surface area contributed by atoms with Gasteiger partial charge in [0, 0.05) is 31.1 Å². The number of amides is 1. The maximum absolute atomic E-state index is 11.9. The summed E-state index contributed by atoms with van der Waals surface area (Å²) in [6, 6.07) is 7.99. The molecule has 3 N–H and O–H groups in total. The van der Waals surface area contributed by atoms with Crippen LogP contribution in [0.2, 0.25) is 0 Å². The summed E-state index contributed by atoms with van der Waals surface area (Å²) in [7, 11) is 0. The molecule has 1 atom stereocenters. The van der Waals surface area contributed by atoms with Crippen LogP contribution in [0.25, 0.3) is 0 Å². The number of carbonyl (C=O) groups is 1. The molecule has 1 unspecified atom stereocenters. The lowest BCUT2D eigenvalue weighted by Gasteiger charge is -2.24. The Hall–Kier alpha value is -0.960. The molecule has 1 aliphatic rings. The summed E-state index contributed by atoms with van der Waals surface area (Å²) in [5.41, 5.74) is 2.09. The molecular weight excluding hydrogens is 435 g/mol. The van der Waals surface area contributed by atoms with Crippen molar-refractivity contribution in [3.63, 3.8) is 0 Å². The van der Waals surface area contributed by atoms with Crippen LogP contribution in [-0.4, -0.2) is 43.5 Å². The lowest BCUT2D eigenvalue weighted by molar-refractivity contribution is -0.116. The van der Waals surface area contributed by atoms with Gasteiger partial charge in [-0.3, -0.25) is 9.79 Å². The van der Waals surface area contributed by atoms with E-state index in [0.29, 0.717) is 13.0 Å². The normalized spacial score (nSPS) is 16.7. The fourth-order valence-corrected chi connectivity index (χ4v) is 3.06. The zero-order valence-electron chi connectivity index (χ0n) is 14.3. The summed E-state index contributed by atoms with van der Waals surface area (Å²) in [6.45, 7) is 4.41. The van der Waals surface area contributed by atoms with Gasteiger partial charge in [0.1, 0.15) is 0 Å². The van der Waals surface area contributed by atoms with Crippen molar-refractivity contribution in [1.82, 2.24) is 10.6 Å². The molecule has 1 heterocycles. The Balaban J connectivity index is 0.00000288. The number of nitrogens with one attached hydrogen (secondary N) is 3. The number of hydrogen-bond acceptors (Lipinski definition) is 3. The topological polar surface area (TPSA) is 65.5 Å². The summed E-state index contributed by atoms with van der Waals surface area (Å²) < 4.78 is 0. The number of hydrogen-bond donors (Lipinski definition) is 3. The average molecular weight is 462 g/mol. The molecule has 1 aromatic carbocycles. The number of aliphatic imine (C=N–C) groups is 1. The van der Waals surface area contributed by atoms with E-state index in [1.165, 1.54) is 5.56 Å². The number of halogens is 1. The van der Waals surface area contributed by atoms with Crippen LogP contribution in [0.3, 0.4) is 0 Å². The van der Waals surface area contributed by atoms with E-state index in [0.717, 1.165) is 36.9 Å². The Bertz CT molecular complexity index is 553. The molecule has 1 amide bonds. The number of carbonyl (C=O) groups excluding carboxylic acids is 1. The number of guanidine groups is 1. The molecule has 1 aliphatic heterocycles. The summed E-state index contributed by atoms with van der Waals surface area (Å²) in [5.74, 6) is 2.18. The minimum Gasteiger partial charge on any atom is -0.357 e. The first kappa shape index (κ1) is 21.1. The van der Waals surface area contributed by atoms with E-state index >= 15 is 0 Å². The first-order valence-corrected chi connectivity index (χ1v) is 9.54. The van der Waals surface area contributed by atoms with Crippen molar-refractivity contribution in [2.45, 2.75) is 25.7 Å². The van der Waals surface area contributed by atoms with Crippen molar-refractivity contribution in [2.24, 2.45) is 4.99 Å². The predicted octanol–water partition coefficient (Wildman–Crippen LogP) is 3.04. The van der Waals surface area contributed by atoms with Crippen molar-refractivity contribution >= 4 is 53.3 Å². The molecule has 0 saturated heterocycles. The van der Waals surface area contributed by atoms with Crippen LogP contribution in [0.15, 0.2) is 29.3 Å². The van der Waals surface area contributed by atoms with E-state index in [-0.39, 0.29) is 35.8 Å². The number of rotatable bonds is 7. The molecule has 2 rings (SSSR count). The minimum absolute atomic E-state index is 0. The lowest BCUT2D eigenvalue weighted by Crippen LogP contribution is -2.38. The van der Waals surface area contributed by atoms with Gasteiger partial charge in [0.2, 0.25) is 5.91 Å². The lowest BCUT2D eigenvalue weighted by atomic mass is 9.91. The van der Waals surface area contributed by atoms with E-state index in [9.17, 15) is 4.79 Å². The van der Waals surface area contributed by atoms with E-state index < -0.39 is 0 Å². The average Bonchev–Trinajstić information content (AvgIpc) is 2.56. The third-order valence-electron chi connectivity index (χ3n) is 3.74. The summed E-state index contributed by atoms with van der Waals surface area (Å²) in [5, 5.41) is 9.55. The van der Waals surface area contributed by atoms with E-state index in [4.69, 9.17) is 0 Å². The molecule has 24 heavy (non-hydrogen) atoms. The largest absolute Gasteiger partial charge is 0.357 e. The standard InChI is InChI=1S/C17H26N4OS.HI/c1-3-18-17(19-9-6-10-23-2)20-12-13-11-16(22)21-15-8-5-4-7-14(13)15;/h4-5,7-8,13H,3,6,9-12H2,1-2H3,(H,21,22)(H2,18,19,20);1H. The minimum atomic E-state index is 0. The van der Waals surface area contributed by atoms with Gasteiger partial charge in [-0.05, 0) is 37.0 Å². The highest BCUT2D eigenvalue weighted by Gasteiger charge is 2.24. The van der Waals surface area contributed by atoms with Crippen molar-refractivity contribution < 1.29 is 4.79 Å². The quantitative estimate of drug-likeness (QED) is 0.252. The summed E-state index contributed by atoms with van der Waals surface area (Å²) >= 11 is 1.85. The molecule has 1 aromatic rings. The molecule has 0 bridgehead atoms. The highest BCUT2D eigenvalue weighted by Crippen LogP contribution is 2.31. The maximum Gasteiger partial charge on any atom is 0.225 e. The second-order valence-electron chi connectivity index (χ2n) is 5.53. The molecule has 0 aliphatic carbocycles. The predicted molar refractivity (Wildman–Crippen MR) is 115 cm³/mol. The Morgan fingerprint density at radius 2 is 2.17 bits per heavy atom. The second kappa shape index (κ2) is 11.6. The molecular formula is C17H27IN4OS. The Labute approximate surface area is 165 Å². The van der Waals surface area contributed by atoms with Crippen molar-refractivity contribution in [3.8, 4) is 0 Å². The van der Waals surface area contributed by atoms with E-state index in [1.807, 2.05) is 30.0 Å². The third-order valence-corrected chi connectivity index (χ3v) is 4.44. The zero-order valence-corrected chi connectivity index (χ0v) is 17.4. The highest BCUT2D eigenvalue weighted by molar-refractivity contribution is 14.0. The van der Waals surface area contributed by atoms with Gasteiger partial charge in [0.25, 0.3) is 0 Å². The molecule has 7 heteroatoms. The smallest absolute Gasteiger partial charge is 0.225 e. The Kier molecular flexibility index (Phi) is 10.2. The summed E-state index contributed by atoms with van der Waals surface area (Å²) in [6.07, 6.45) is 3.72. The molecule has 5 nitrogen and oxygen atoms in total. The molecule has 0 saturated carbocycles. The van der Waals surface area contributed by atoms with Gasteiger partial charge in [0.05, 0.1) is 6.54 Å². The van der Waals surface area contributed by atoms with Gasteiger partial charge < -0.3 is 16.0 Å². The van der Waals surface area contributed by atoms with Gasteiger partial charge in [0.15, 0.2) is 5.96 Å². The SMILES string of the molecule is CCNC(=NCC1CC(=O)Nc2ccccc21)NCCCSC.I. The fourth-order valence-electron chi connectivity index (χ4n) is 2.63. The van der Waals surface area contributed by atoms with Gasteiger partial charge in [-0.25, -0.2) is 0 Å². The van der Waals surface area contributed by atoms with Gasteiger partial charge in [-0.15, -0.1) is 24.0 Å². The number of anilines is 1. The Morgan fingerprint density at radius 1 is 1.38 bits per heavy atom. The number of benzene rings is 1. The van der Waals surface area contributed by atoms with E-state index in [1.54, 1.807) is 0 Å². The second-order valence-corrected chi connectivity index (χ2v) is 6.51. The number of thioether (sulfide) groups is 1. The number of nitrogens with zero attached hydrogens (tertiary/aromatic N) is 1. The van der Waals surface area contributed by atoms with Crippen molar-refractivity contribution in [1.29, 1.82) is 0 Å². The van der Waals surface area contributed by atoms with Crippen LogP contribution < -0.4 is 16.0 Å². The molecule has 0 spiro atoms. The van der Waals surface area contributed by atoms with Crippen molar-refractivity contribution in [3.05, 3.63) is 29.8 Å². The highest BCUT2D eigenvalue weighted by atomic mass is 127. The molecule has 134 valence electrons. The van der Waals surface area contributed by atoms with Crippen molar-refractivity contribution in [2.75, 3.05) is 37.0 Å². The molecule has 0 radical (unpaired) electrons. The van der Waals surface area contributed by atoms with Crippen LogP contribution in [0, 0.1) is 0 Å². The first-order valence-electron chi connectivity index (χ1n) is 8.14. The van der Waals surface area contributed by atoms with Gasteiger partial charge in [-0.2, -0.15) is 11.8 Å². The first-order chi connectivity index (χ1) is 11.2. The van der Waals surface area contributed by atoms with Gasteiger partial charge >= 0.3 is 0 Å². The van der Waals surface area contributed by atoms with Gasteiger partial charge in [-0.1, -0.05) is 18.2 Å². The van der Waals surface area contributed by atoms with E-state index in [2.05, 4.69) is 40.2 Å². The Morgan fingerprint density at radius 3 is 2.92 bits per heavy atom. The van der Waals surface area contributed by atoms with Crippen LogP contribution >= 0.6 is 35.7 Å². The van der Waals surface area contributed by atoms with Crippen LogP contribution in [0.5, 0.6) is 0 Å². The number of fused-ring (bicyclic) bond motifs is 1. The zero-order chi connectivity index (χ0) is 16.5. The maximum atomic E-state index is 11.9. The third kappa shape index (κ3) is 6.51. The number of para-hydroxylation sites is 1. The monoisotopic (exact) mass is 462 g/mol. The van der Waals surface area contributed by atoms with Crippen LogP contribution in [-0.2, 0) is 4.79 Å².